The summed E-state index contributed by atoms with van der Waals surface area (Å²) in [6.45, 7) is 4.38. The normalized spacial score (nSPS) is 19.9. The Morgan fingerprint density at radius 2 is 1.69 bits per heavy atom. The van der Waals surface area contributed by atoms with Gasteiger partial charge in [0.05, 0.1) is 6.10 Å². The van der Waals surface area contributed by atoms with Crippen LogP contribution in [0.4, 0.5) is 0 Å². The molecule has 1 saturated carbocycles. The molecule has 1 aliphatic heterocycles. The molecule has 0 spiro atoms. The zero-order chi connectivity index (χ0) is 20.1. The highest BCUT2D eigenvalue weighted by molar-refractivity contribution is 5.28. The summed E-state index contributed by atoms with van der Waals surface area (Å²) >= 11 is 0. The van der Waals surface area contributed by atoms with Gasteiger partial charge in [-0.05, 0) is 56.4 Å². The van der Waals surface area contributed by atoms with E-state index < -0.39 is 0 Å². The van der Waals surface area contributed by atoms with Crippen molar-refractivity contribution in [2.75, 3.05) is 13.1 Å². The van der Waals surface area contributed by atoms with Crippen LogP contribution in [0.5, 0.6) is 11.5 Å². The highest BCUT2D eigenvalue weighted by Crippen LogP contribution is 2.27. The van der Waals surface area contributed by atoms with Gasteiger partial charge in [-0.1, -0.05) is 25.0 Å². The zero-order valence-electron chi connectivity index (χ0n) is 17.3. The van der Waals surface area contributed by atoms with Crippen molar-refractivity contribution in [3.05, 3.63) is 58.5 Å². The number of hydrogen-bond acceptors (Lipinski definition) is 4. The van der Waals surface area contributed by atoms with Crippen LogP contribution < -0.4 is 15.0 Å². The molecule has 156 valence electrons. The quantitative estimate of drug-likeness (QED) is 0.763. The number of nitrogens with one attached hydrogen (secondary N) is 1. The molecule has 5 nitrogen and oxygen atoms in total. The van der Waals surface area contributed by atoms with Crippen LogP contribution in [0.2, 0.25) is 0 Å². The van der Waals surface area contributed by atoms with E-state index in [4.69, 9.17) is 9.47 Å². The van der Waals surface area contributed by atoms with E-state index in [1.165, 1.54) is 50.4 Å². The van der Waals surface area contributed by atoms with Gasteiger partial charge in [-0.3, -0.25) is 4.79 Å². The van der Waals surface area contributed by atoms with Crippen molar-refractivity contribution in [3.63, 3.8) is 0 Å². The number of benzene rings is 1. The van der Waals surface area contributed by atoms with Crippen LogP contribution in [0.1, 0.15) is 51.0 Å². The van der Waals surface area contributed by atoms with Crippen molar-refractivity contribution in [2.45, 2.75) is 70.1 Å². The molecule has 1 saturated heterocycles. The van der Waals surface area contributed by atoms with Gasteiger partial charge in [0.25, 0.3) is 0 Å². The fourth-order valence-electron chi connectivity index (χ4n) is 4.60. The fraction of sp³-hybridized carbons (Fsp3) is 0.542. The summed E-state index contributed by atoms with van der Waals surface area (Å²) in [6, 6.07) is 12.4. The second-order valence-electron chi connectivity index (χ2n) is 8.46. The molecule has 5 heteroatoms. The molecule has 2 heterocycles. The Labute approximate surface area is 173 Å². The average molecular weight is 397 g/mol. The van der Waals surface area contributed by atoms with Crippen LogP contribution in [0.3, 0.4) is 0 Å². The summed E-state index contributed by atoms with van der Waals surface area (Å²) in [7, 11) is 0. The van der Waals surface area contributed by atoms with Gasteiger partial charge in [0.1, 0.15) is 17.6 Å². The van der Waals surface area contributed by atoms with Crippen molar-refractivity contribution in [3.8, 4) is 11.5 Å². The van der Waals surface area contributed by atoms with E-state index in [2.05, 4.69) is 34.1 Å². The highest BCUT2D eigenvalue weighted by Gasteiger charge is 2.27. The monoisotopic (exact) mass is 396 g/mol. The van der Waals surface area contributed by atoms with Gasteiger partial charge in [-0.2, -0.15) is 0 Å². The minimum Gasteiger partial charge on any atom is -0.490 e. The van der Waals surface area contributed by atoms with Crippen LogP contribution in [0.25, 0.3) is 0 Å². The molecule has 1 unspecified atom stereocenters. The van der Waals surface area contributed by atoms with E-state index >= 15 is 0 Å². The number of pyridine rings is 1. The Morgan fingerprint density at radius 1 is 1.00 bits per heavy atom. The summed E-state index contributed by atoms with van der Waals surface area (Å²) in [5.74, 6) is 1.64. The topological polar surface area (TPSA) is 54.6 Å². The molecule has 1 aliphatic carbocycles. The number of aromatic amines is 1. The Balaban J connectivity index is 1.22. The van der Waals surface area contributed by atoms with Crippen LogP contribution in [-0.2, 0) is 6.42 Å². The maximum atomic E-state index is 11.1. The predicted molar refractivity (Wildman–Crippen MR) is 115 cm³/mol. The number of likely N-dealkylation sites (tertiary alicyclic amines) is 1. The van der Waals surface area contributed by atoms with Gasteiger partial charge in [0, 0.05) is 37.8 Å². The smallest absolute Gasteiger partial charge is 0.248 e. The summed E-state index contributed by atoms with van der Waals surface area (Å²) in [5, 5.41) is 0. The van der Waals surface area contributed by atoms with Crippen molar-refractivity contribution in [2.24, 2.45) is 0 Å². The molecule has 4 rings (SSSR count). The van der Waals surface area contributed by atoms with Gasteiger partial charge >= 0.3 is 0 Å². The van der Waals surface area contributed by atoms with Crippen LogP contribution in [-0.4, -0.2) is 41.2 Å². The number of piperidine rings is 1. The lowest BCUT2D eigenvalue weighted by atomic mass is 10.0. The molecule has 1 N–H and O–H groups in total. The van der Waals surface area contributed by atoms with E-state index in [0.717, 1.165) is 31.1 Å². The number of H-pyrrole nitrogens is 1. The summed E-state index contributed by atoms with van der Waals surface area (Å²) < 4.78 is 12.1. The minimum atomic E-state index is -0.121. The minimum absolute atomic E-state index is 0.0209. The Hall–Kier alpha value is -2.27. The molecular weight excluding hydrogens is 364 g/mol. The number of ether oxygens (including phenoxy) is 2. The third-order valence-electron chi connectivity index (χ3n) is 6.16. The molecule has 29 heavy (non-hydrogen) atoms. The summed E-state index contributed by atoms with van der Waals surface area (Å²) in [6.07, 6.45) is 10.6. The lowest BCUT2D eigenvalue weighted by Crippen LogP contribution is -2.43. The van der Waals surface area contributed by atoms with Gasteiger partial charge < -0.3 is 19.4 Å². The first kappa shape index (κ1) is 20.0. The van der Waals surface area contributed by atoms with Gasteiger partial charge in [-0.25, -0.2) is 0 Å². The van der Waals surface area contributed by atoms with Crippen molar-refractivity contribution in [1.29, 1.82) is 0 Å². The predicted octanol–water partition coefficient (Wildman–Crippen LogP) is 4.17. The van der Waals surface area contributed by atoms with E-state index in [-0.39, 0.29) is 11.7 Å². The maximum Gasteiger partial charge on any atom is 0.248 e. The molecule has 1 atom stereocenters. The fourth-order valence-corrected chi connectivity index (χ4v) is 4.60. The van der Waals surface area contributed by atoms with Gasteiger partial charge in [-0.15, -0.1) is 0 Å². The number of rotatable bonds is 7. The van der Waals surface area contributed by atoms with E-state index in [9.17, 15) is 4.79 Å². The third kappa shape index (κ3) is 5.63. The second kappa shape index (κ2) is 9.49. The molecule has 1 aromatic carbocycles. The SMILES string of the molecule is CC(Cc1ccc(OC2CCN(C3CCCC3)CC2)cc1)Oc1ccc(=O)[nH]c1. The molecule has 2 aromatic rings. The summed E-state index contributed by atoms with van der Waals surface area (Å²) in [4.78, 5) is 16.4. The lowest BCUT2D eigenvalue weighted by molar-refractivity contribution is 0.0768. The first-order chi connectivity index (χ1) is 14.2. The van der Waals surface area contributed by atoms with E-state index in [1.54, 1.807) is 12.3 Å². The van der Waals surface area contributed by atoms with Crippen LogP contribution in [0, 0.1) is 0 Å². The van der Waals surface area contributed by atoms with Crippen molar-refractivity contribution in [1.82, 2.24) is 9.88 Å². The molecule has 0 amide bonds. The molecule has 2 fully saturated rings. The number of hydrogen-bond donors (Lipinski definition) is 1. The third-order valence-corrected chi connectivity index (χ3v) is 6.16. The van der Waals surface area contributed by atoms with Gasteiger partial charge in [0.2, 0.25) is 5.56 Å². The van der Waals surface area contributed by atoms with E-state index in [1.807, 2.05) is 6.92 Å². The van der Waals surface area contributed by atoms with Gasteiger partial charge in [0.15, 0.2) is 0 Å². The van der Waals surface area contributed by atoms with Crippen molar-refractivity contribution < 1.29 is 9.47 Å². The van der Waals surface area contributed by atoms with E-state index in [0.29, 0.717) is 11.9 Å². The molecule has 0 bridgehead atoms. The zero-order valence-corrected chi connectivity index (χ0v) is 17.3. The highest BCUT2D eigenvalue weighted by atomic mass is 16.5. The van der Waals surface area contributed by atoms with Crippen LogP contribution in [0.15, 0.2) is 47.4 Å². The molecule has 2 aliphatic rings. The Kier molecular flexibility index (Phi) is 6.55. The average Bonchev–Trinajstić information content (AvgIpc) is 3.27. The standard InChI is InChI=1S/C24H32N2O3/c1-18(28-23-10-11-24(27)25-17-23)16-19-6-8-21(9-7-19)29-22-12-14-26(15-13-22)20-4-2-3-5-20/h6-11,17-18,20,22H,2-5,12-16H2,1H3,(H,25,27). The first-order valence-electron chi connectivity index (χ1n) is 11.0. The molecule has 0 radical (unpaired) electrons. The lowest BCUT2D eigenvalue weighted by Gasteiger charge is -2.36. The van der Waals surface area contributed by atoms with Crippen LogP contribution >= 0.6 is 0 Å². The Bertz CT molecular complexity index is 798. The molecular formula is C24H32N2O3. The Morgan fingerprint density at radius 3 is 2.34 bits per heavy atom. The van der Waals surface area contributed by atoms with Crippen molar-refractivity contribution >= 4 is 0 Å². The first-order valence-corrected chi connectivity index (χ1v) is 11.0. The largest absolute Gasteiger partial charge is 0.490 e. The number of aromatic nitrogens is 1. The second-order valence-corrected chi connectivity index (χ2v) is 8.46. The number of nitrogens with zero attached hydrogens (tertiary/aromatic N) is 1. The maximum absolute atomic E-state index is 11.1. The summed E-state index contributed by atoms with van der Waals surface area (Å²) in [5.41, 5.74) is 1.09. The molecule has 1 aromatic heterocycles.